The van der Waals surface area contributed by atoms with Crippen molar-refractivity contribution in [2.24, 2.45) is 9.98 Å². The van der Waals surface area contributed by atoms with Gasteiger partial charge in [0.1, 0.15) is 0 Å². The van der Waals surface area contributed by atoms with Crippen LogP contribution in [0.2, 0.25) is 0 Å². The van der Waals surface area contributed by atoms with Crippen molar-refractivity contribution >= 4 is 43.4 Å². The number of aryl methyl sites for hydroxylation is 3. The van der Waals surface area contributed by atoms with Gasteiger partial charge in [-0.1, -0.05) is 29.8 Å². The monoisotopic (exact) mass is 464 g/mol. The number of hydrogen-bond donors (Lipinski definition) is 0. The molecule has 0 spiro atoms. The molecular weight excluding hydrogens is 441 g/mol. The molecule has 1 aromatic heterocycles. The van der Waals surface area contributed by atoms with Crippen molar-refractivity contribution in [2.75, 3.05) is 6.61 Å². The summed E-state index contributed by atoms with van der Waals surface area (Å²) in [5.74, 6) is 0. The first kappa shape index (κ1) is 24.4. The van der Waals surface area contributed by atoms with E-state index in [2.05, 4.69) is 42.9 Å². The second-order valence-electron chi connectivity index (χ2n) is 6.11. The number of ether oxygens (including phenoxy) is 1. The van der Waals surface area contributed by atoms with E-state index in [1.807, 2.05) is 19.1 Å². The zero-order valence-corrected chi connectivity index (χ0v) is 19.4. The van der Waals surface area contributed by atoms with Gasteiger partial charge in [-0.2, -0.15) is 4.99 Å². The molecule has 0 saturated carbocycles. The predicted molar refractivity (Wildman–Crippen MR) is 113 cm³/mol. The molecule has 1 amide bonds. The number of carbonyl (C=O) groups excluding carboxylic acids is 1. The van der Waals surface area contributed by atoms with Gasteiger partial charge in [-0.25, -0.2) is 4.79 Å². The van der Waals surface area contributed by atoms with Gasteiger partial charge in [0.05, 0.1) is 12.3 Å². The van der Waals surface area contributed by atoms with E-state index in [1.54, 1.807) is 13.8 Å². The zero-order valence-electron chi connectivity index (χ0n) is 16.8. The molecule has 0 aliphatic carbocycles. The van der Waals surface area contributed by atoms with E-state index in [1.165, 1.54) is 5.56 Å². The Labute approximate surface area is 181 Å². The van der Waals surface area contributed by atoms with Gasteiger partial charge in [0, 0.05) is 11.4 Å². The molecule has 0 radical (unpaired) electrons. The van der Waals surface area contributed by atoms with Crippen molar-refractivity contribution < 1.29 is 22.7 Å². The zero-order chi connectivity index (χ0) is 21.3. The molecule has 1 heterocycles. The third kappa shape index (κ3) is 7.44. The first-order chi connectivity index (χ1) is 13.2. The Hall–Kier alpha value is -1.59. The maximum absolute atomic E-state index is 11.4. The summed E-state index contributed by atoms with van der Waals surface area (Å²) < 4.78 is 4.83. The summed E-state index contributed by atoms with van der Waals surface area (Å²) in [6.45, 7) is 11.9. The number of amides is 1. The normalized spacial score (nSPS) is 11.7. The van der Waals surface area contributed by atoms with Crippen LogP contribution in [0, 0.1) is 20.8 Å². The standard InChI is InChI=1S/C20H25N3O2.2ClH.Fe/c1-7-25-20(24)22-16(6)18-9-8-17(23-18)15(5)21-19-13(3)10-12(2)11-14(19)4;;;/h8-11H,7H2,1-6H3,(H,21,22,23,24);2*1H;/q;;;+3/p-3. The molecule has 28 heavy (non-hydrogen) atoms. The van der Waals surface area contributed by atoms with Gasteiger partial charge < -0.3 is 9.72 Å². The average Bonchev–Trinajstić information content (AvgIpc) is 3.09. The maximum atomic E-state index is 11.4. The average molecular weight is 465 g/mol. The van der Waals surface area contributed by atoms with Gasteiger partial charge >= 0.3 is 39.4 Å². The fourth-order valence-electron chi connectivity index (χ4n) is 2.69. The SMILES string of the molecule is CCOC(=O)/N=C(\C)c1ccc(C(C)=Nc2c(C)cc(C)cc2C)[n-]1.[Cl][Fe+][Cl]. The van der Waals surface area contributed by atoms with Crippen molar-refractivity contribution in [3.05, 3.63) is 52.3 Å². The Kier molecular flexibility index (Phi) is 10.5. The second kappa shape index (κ2) is 12.1. The molecule has 0 N–H and O–H groups in total. The molecule has 0 atom stereocenters. The van der Waals surface area contributed by atoms with Crippen LogP contribution in [-0.4, -0.2) is 24.1 Å². The van der Waals surface area contributed by atoms with Crippen molar-refractivity contribution in [1.29, 1.82) is 0 Å². The molecule has 0 aliphatic heterocycles. The Balaban J connectivity index is 0.00000122. The van der Waals surface area contributed by atoms with Gasteiger partial charge in [-0.3, -0.25) is 4.99 Å². The molecule has 153 valence electrons. The molecule has 0 aliphatic rings. The van der Waals surface area contributed by atoms with Crippen LogP contribution >= 0.6 is 20.2 Å². The quantitative estimate of drug-likeness (QED) is 0.408. The van der Waals surface area contributed by atoms with E-state index in [4.69, 9.17) is 29.9 Å². The Bertz CT molecular complexity index is 853. The molecule has 8 heteroatoms. The van der Waals surface area contributed by atoms with Gasteiger partial charge in [-0.05, 0) is 52.7 Å². The fourth-order valence-corrected chi connectivity index (χ4v) is 2.69. The van der Waals surface area contributed by atoms with E-state index in [0.717, 1.165) is 28.2 Å². The van der Waals surface area contributed by atoms with Crippen molar-refractivity contribution in [2.45, 2.75) is 41.5 Å². The first-order valence-electron chi connectivity index (χ1n) is 8.58. The third-order valence-electron chi connectivity index (χ3n) is 3.82. The summed E-state index contributed by atoms with van der Waals surface area (Å²) >= 11 is 0.194. The number of nitrogens with zero attached hydrogens (tertiary/aromatic N) is 3. The number of aliphatic imine (C=N–C) groups is 2. The van der Waals surface area contributed by atoms with Gasteiger partial charge in [0.15, 0.2) is 0 Å². The van der Waals surface area contributed by atoms with E-state index in [9.17, 15) is 4.79 Å². The molecule has 1 aromatic carbocycles. The number of rotatable bonds is 4. The molecule has 0 saturated heterocycles. The molecule has 0 unspecified atom stereocenters. The van der Waals surface area contributed by atoms with E-state index < -0.39 is 6.09 Å². The fraction of sp³-hybridized carbons (Fsp3) is 0.350. The minimum absolute atomic E-state index is 0.194. The summed E-state index contributed by atoms with van der Waals surface area (Å²) in [5, 5.41) is 0. The second-order valence-corrected chi connectivity index (χ2v) is 7.93. The van der Waals surface area contributed by atoms with Crippen LogP contribution in [0.25, 0.3) is 0 Å². The minimum atomic E-state index is -0.596. The van der Waals surface area contributed by atoms with Gasteiger partial charge in [0.2, 0.25) is 0 Å². The van der Waals surface area contributed by atoms with Crippen LogP contribution in [-0.2, 0) is 17.9 Å². The van der Waals surface area contributed by atoms with Gasteiger partial charge in [-0.15, -0.1) is 11.4 Å². The molecule has 0 fully saturated rings. The van der Waals surface area contributed by atoms with Crippen LogP contribution in [0.5, 0.6) is 0 Å². The van der Waals surface area contributed by atoms with Gasteiger partial charge in [0.25, 0.3) is 0 Å². The Morgan fingerprint density at radius 3 is 2.07 bits per heavy atom. The number of hydrogen-bond acceptors (Lipinski definition) is 3. The van der Waals surface area contributed by atoms with Crippen molar-refractivity contribution in [1.82, 2.24) is 4.98 Å². The molecule has 2 aromatic rings. The van der Waals surface area contributed by atoms with E-state index in [-0.39, 0.29) is 13.1 Å². The van der Waals surface area contributed by atoms with Crippen LogP contribution in [0.15, 0.2) is 34.3 Å². The summed E-state index contributed by atoms with van der Waals surface area (Å²) in [4.78, 5) is 24.6. The van der Waals surface area contributed by atoms with E-state index >= 15 is 0 Å². The number of benzene rings is 1. The summed E-state index contributed by atoms with van der Waals surface area (Å²) in [7, 11) is 9.53. The van der Waals surface area contributed by atoms with Crippen LogP contribution in [0.4, 0.5) is 10.5 Å². The molecule has 0 bridgehead atoms. The third-order valence-corrected chi connectivity index (χ3v) is 3.82. The van der Waals surface area contributed by atoms with Crippen molar-refractivity contribution in [3.8, 4) is 0 Å². The number of carbonyl (C=O) groups is 1. The van der Waals surface area contributed by atoms with Crippen LogP contribution < -0.4 is 4.98 Å². The number of halogens is 2. The first-order valence-corrected chi connectivity index (χ1v) is 11.6. The summed E-state index contributed by atoms with van der Waals surface area (Å²) in [5.41, 5.74) is 7.26. The van der Waals surface area contributed by atoms with E-state index in [0.29, 0.717) is 18.0 Å². The molecule has 2 rings (SSSR count). The van der Waals surface area contributed by atoms with Crippen LogP contribution in [0.1, 0.15) is 48.8 Å². The van der Waals surface area contributed by atoms with Crippen LogP contribution in [0.3, 0.4) is 0 Å². The predicted octanol–water partition coefficient (Wildman–Crippen LogP) is 6.05. The summed E-state index contributed by atoms with van der Waals surface area (Å²) in [6, 6.07) is 7.97. The summed E-state index contributed by atoms with van der Waals surface area (Å²) in [6.07, 6.45) is -0.596. The topological polar surface area (TPSA) is 65.1 Å². The molecular formula is C20H24Cl2FeN3O2. The number of aromatic nitrogens is 1. The molecule has 5 nitrogen and oxygen atoms in total. The van der Waals surface area contributed by atoms with Crippen molar-refractivity contribution in [3.63, 3.8) is 0 Å². The Morgan fingerprint density at radius 2 is 1.57 bits per heavy atom. The Morgan fingerprint density at radius 1 is 1.07 bits per heavy atom.